The number of nitrogens with zero attached hydrogens (tertiary/aromatic N) is 1. The van der Waals surface area contributed by atoms with Crippen LogP contribution in [-0.2, 0) is 4.74 Å². The van der Waals surface area contributed by atoms with Crippen LogP contribution in [0, 0.1) is 76.4 Å². The second-order valence-electron chi connectivity index (χ2n) is 11.6. The van der Waals surface area contributed by atoms with Crippen molar-refractivity contribution in [1.82, 2.24) is 0 Å². The Morgan fingerprint density at radius 3 is 1.97 bits per heavy atom. The van der Waals surface area contributed by atoms with Crippen LogP contribution in [0.5, 0.6) is 0 Å². The molecule has 0 aromatic heterocycles. The highest BCUT2D eigenvalue weighted by Crippen LogP contribution is 2.49. The Morgan fingerprint density at radius 2 is 1.45 bits per heavy atom. The molecule has 0 N–H and O–H groups in total. The third-order valence-electron chi connectivity index (χ3n) is 8.81. The Kier molecular flexibility index (Phi) is 9.53. The van der Waals surface area contributed by atoms with Crippen LogP contribution < -0.4 is 0 Å². The molecule has 0 radical (unpaired) electrons. The van der Waals surface area contributed by atoms with Crippen molar-refractivity contribution in [3.63, 3.8) is 0 Å². The summed E-state index contributed by atoms with van der Waals surface area (Å²) in [5, 5.41) is 9.99. The monoisotopic (exact) mass is 403 g/mol. The average Bonchev–Trinajstić information content (AvgIpc) is 2.67. The molecule has 2 rings (SSSR count). The molecule has 2 saturated carbocycles. The van der Waals surface area contributed by atoms with E-state index >= 15 is 0 Å². The number of hydrogen-bond donors (Lipinski definition) is 0. The zero-order valence-corrected chi connectivity index (χ0v) is 20.7. The summed E-state index contributed by atoms with van der Waals surface area (Å²) >= 11 is 0. The predicted octanol–water partition coefficient (Wildman–Crippen LogP) is 7.44. The zero-order chi connectivity index (χ0) is 21.7. The van der Waals surface area contributed by atoms with E-state index in [1.54, 1.807) is 0 Å². The van der Waals surface area contributed by atoms with Crippen molar-refractivity contribution >= 4 is 0 Å². The third-order valence-corrected chi connectivity index (χ3v) is 8.81. The summed E-state index contributed by atoms with van der Waals surface area (Å²) in [6.45, 7) is 17.8. The van der Waals surface area contributed by atoms with Crippen molar-refractivity contribution in [2.45, 2.75) is 87.0 Å². The average molecular weight is 404 g/mol. The summed E-state index contributed by atoms with van der Waals surface area (Å²) in [6, 6.07) is 2.75. The Morgan fingerprint density at radius 1 is 0.828 bits per heavy atom. The highest BCUT2D eigenvalue weighted by atomic mass is 16.5. The molecule has 0 amide bonds. The fourth-order valence-corrected chi connectivity index (χ4v) is 7.41. The van der Waals surface area contributed by atoms with E-state index in [2.05, 4.69) is 54.5 Å². The summed E-state index contributed by atoms with van der Waals surface area (Å²) in [5.74, 6) is 7.48. The van der Waals surface area contributed by atoms with Gasteiger partial charge in [0.25, 0.3) is 0 Å². The van der Waals surface area contributed by atoms with Crippen LogP contribution in [0.2, 0.25) is 0 Å². The lowest BCUT2D eigenvalue weighted by atomic mass is 9.58. The van der Waals surface area contributed by atoms with Gasteiger partial charge in [0.05, 0.1) is 6.07 Å². The molecule has 8 unspecified atom stereocenters. The fraction of sp³-hybridized carbons (Fsp3) is 0.963. The number of methoxy groups -OCH3 is 1. The van der Waals surface area contributed by atoms with Crippen LogP contribution in [0.4, 0.5) is 0 Å². The number of rotatable bonds is 8. The first-order valence-corrected chi connectivity index (χ1v) is 12.6. The van der Waals surface area contributed by atoms with Gasteiger partial charge in [0.15, 0.2) is 0 Å². The van der Waals surface area contributed by atoms with E-state index in [9.17, 15) is 5.26 Å². The maximum absolute atomic E-state index is 9.99. The minimum Gasteiger partial charge on any atom is -0.384 e. The van der Waals surface area contributed by atoms with Gasteiger partial charge in [0.2, 0.25) is 0 Å². The van der Waals surface area contributed by atoms with Gasteiger partial charge in [0, 0.05) is 19.6 Å². The molecule has 168 valence electrons. The topological polar surface area (TPSA) is 33.0 Å². The highest BCUT2D eigenvalue weighted by molar-refractivity contribution is 4.98. The SMILES string of the molecule is COCC1CCCC(C(C)CC2CC(C(C)C)C(C(C)C)CC2C#N)C1C(C)C. The van der Waals surface area contributed by atoms with Gasteiger partial charge in [-0.1, -0.05) is 54.9 Å². The normalized spacial score (nSPS) is 37.1. The zero-order valence-electron chi connectivity index (χ0n) is 20.7. The Balaban J connectivity index is 2.14. The van der Waals surface area contributed by atoms with Crippen molar-refractivity contribution in [3.05, 3.63) is 0 Å². The van der Waals surface area contributed by atoms with Gasteiger partial charge in [-0.3, -0.25) is 0 Å². The summed E-state index contributed by atoms with van der Waals surface area (Å²) in [4.78, 5) is 0. The third kappa shape index (κ3) is 6.00. The fourth-order valence-electron chi connectivity index (χ4n) is 7.41. The van der Waals surface area contributed by atoms with E-state index in [1.165, 1.54) is 32.1 Å². The Bertz CT molecular complexity index is 517. The molecule has 2 nitrogen and oxygen atoms in total. The largest absolute Gasteiger partial charge is 0.384 e. The minimum absolute atomic E-state index is 0.260. The lowest BCUT2D eigenvalue weighted by molar-refractivity contribution is 0.00339. The molecule has 2 heteroatoms. The molecule has 2 fully saturated rings. The van der Waals surface area contributed by atoms with Crippen LogP contribution in [0.1, 0.15) is 87.0 Å². The second-order valence-corrected chi connectivity index (χ2v) is 11.6. The highest BCUT2D eigenvalue weighted by Gasteiger charge is 2.43. The molecular weight excluding hydrogens is 354 g/mol. The van der Waals surface area contributed by atoms with Crippen molar-refractivity contribution in [3.8, 4) is 6.07 Å². The van der Waals surface area contributed by atoms with E-state index < -0.39 is 0 Å². The summed E-state index contributed by atoms with van der Waals surface area (Å²) in [7, 11) is 1.86. The van der Waals surface area contributed by atoms with Crippen LogP contribution >= 0.6 is 0 Å². The molecular formula is C27H49NO. The molecule has 0 heterocycles. The van der Waals surface area contributed by atoms with Crippen molar-refractivity contribution < 1.29 is 4.74 Å². The van der Waals surface area contributed by atoms with Crippen LogP contribution in [0.25, 0.3) is 0 Å². The Hall–Kier alpha value is -0.550. The summed E-state index contributed by atoms with van der Waals surface area (Å²) in [6.07, 6.45) is 7.69. The van der Waals surface area contributed by atoms with Crippen molar-refractivity contribution in [2.75, 3.05) is 13.7 Å². The van der Waals surface area contributed by atoms with Crippen molar-refractivity contribution in [1.29, 1.82) is 5.26 Å². The predicted molar refractivity (Wildman–Crippen MR) is 123 cm³/mol. The molecule has 0 aromatic rings. The standard InChI is InChI=1S/C27H49NO/c1-17(2)25-13-22(23(15-28)14-26(25)18(3)4)12-20(7)24-11-9-10-21(16-29-8)27(24)19(5)6/h17-27H,9-14,16H2,1-8H3. The Labute approximate surface area is 182 Å². The molecule has 2 aliphatic carbocycles. The van der Waals surface area contributed by atoms with Crippen LogP contribution in [0.3, 0.4) is 0 Å². The quantitative estimate of drug-likeness (QED) is 0.422. The van der Waals surface area contributed by atoms with Gasteiger partial charge in [0.1, 0.15) is 0 Å². The molecule has 0 bridgehead atoms. The first-order chi connectivity index (χ1) is 13.7. The molecule has 2 aliphatic rings. The van der Waals surface area contributed by atoms with E-state index in [4.69, 9.17) is 4.74 Å². The second kappa shape index (κ2) is 11.2. The molecule has 0 spiro atoms. The smallest absolute Gasteiger partial charge is 0.0658 e. The molecule has 0 aromatic carbocycles. The van der Waals surface area contributed by atoms with E-state index in [0.717, 1.165) is 48.5 Å². The lowest BCUT2D eigenvalue weighted by Crippen LogP contribution is -2.40. The maximum atomic E-state index is 9.99. The number of ether oxygens (including phenoxy) is 1. The lowest BCUT2D eigenvalue weighted by Gasteiger charge is -2.47. The molecule has 0 saturated heterocycles. The van der Waals surface area contributed by atoms with Gasteiger partial charge in [-0.15, -0.1) is 0 Å². The van der Waals surface area contributed by atoms with Crippen LogP contribution in [0.15, 0.2) is 0 Å². The van der Waals surface area contributed by atoms with Crippen LogP contribution in [-0.4, -0.2) is 13.7 Å². The summed E-state index contributed by atoms with van der Waals surface area (Å²) < 4.78 is 5.61. The van der Waals surface area contributed by atoms with Gasteiger partial charge < -0.3 is 4.74 Å². The van der Waals surface area contributed by atoms with Gasteiger partial charge in [-0.2, -0.15) is 5.26 Å². The van der Waals surface area contributed by atoms with E-state index in [0.29, 0.717) is 23.7 Å². The minimum atomic E-state index is 0.260. The van der Waals surface area contributed by atoms with E-state index in [-0.39, 0.29) is 5.92 Å². The first-order valence-electron chi connectivity index (χ1n) is 12.6. The number of hydrogen-bond acceptors (Lipinski definition) is 2. The first kappa shape index (κ1) is 24.7. The molecule has 8 atom stereocenters. The molecule has 29 heavy (non-hydrogen) atoms. The van der Waals surface area contributed by atoms with E-state index in [1.807, 2.05) is 7.11 Å². The van der Waals surface area contributed by atoms with Gasteiger partial charge >= 0.3 is 0 Å². The van der Waals surface area contributed by atoms with Gasteiger partial charge in [-0.05, 0) is 91.3 Å². The molecule has 0 aliphatic heterocycles. The maximum Gasteiger partial charge on any atom is 0.0658 e. The number of nitriles is 1. The summed E-state index contributed by atoms with van der Waals surface area (Å²) in [5.41, 5.74) is 0. The van der Waals surface area contributed by atoms with Gasteiger partial charge in [-0.25, -0.2) is 0 Å². The van der Waals surface area contributed by atoms with Crippen molar-refractivity contribution in [2.24, 2.45) is 65.1 Å².